The summed E-state index contributed by atoms with van der Waals surface area (Å²) >= 11 is 0. The van der Waals surface area contributed by atoms with Crippen molar-refractivity contribution in [2.24, 2.45) is 11.8 Å². The Morgan fingerprint density at radius 1 is 0.538 bits per heavy atom. The third kappa shape index (κ3) is 8.58. The first-order valence-electron chi connectivity index (χ1n) is 11.5. The standard InChI is InChI=1S/C22H46O2Si2/c1-25(2,15-13-19-5-9-21(23)10-6-19)17-18-26(3,4)16-14-20-7-11-22(24)12-8-20/h19-24H,5-18H2,1-4H3. The molecule has 0 radical (unpaired) electrons. The van der Waals surface area contributed by atoms with E-state index in [0.717, 1.165) is 37.5 Å². The van der Waals surface area contributed by atoms with Crippen LogP contribution in [0.2, 0.25) is 50.4 Å². The van der Waals surface area contributed by atoms with Gasteiger partial charge < -0.3 is 10.2 Å². The molecule has 2 saturated carbocycles. The maximum Gasteiger partial charge on any atom is 0.0540 e. The van der Waals surface area contributed by atoms with Crippen LogP contribution in [0.4, 0.5) is 0 Å². The molecule has 0 bridgehead atoms. The Labute approximate surface area is 165 Å². The summed E-state index contributed by atoms with van der Waals surface area (Å²) < 4.78 is 0. The molecule has 2 N–H and O–H groups in total. The van der Waals surface area contributed by atoms with E-state index in [2.05, 4.69) is 26.2 Å². The van der Waals surface area contributed by atoms with Gasteiger partial charge in [0.15, 0.2) is 0 Å². The van der Waals surface area contributed by atoms with Crippen LogP contribution in [-0.2, 0) is 0 Å². The molecule has 0 heterocycles. The topological polar surface area (TPSA) is 40.5 Å². The Balaban J connectivity index is 1.64. The van der Waals surface area contributed by atoms with Gasteiger partial charge in [0.2, 0.25) is 0 Å². The van der Waals surface area contributed by atoms with Crippen molar-refractivity contribution in [1.29, 1.82) is 0 Å². The summed E-state index contributed by atoms with van der Waals surface area (Å²) in [6.45, 7) is 10.5. The molecular formula is C22H46O2Si2. The van der Waals surface area contributed by atoms with Crippen LogP contribution in [0.1, 0.15) is 64.2 Å². The minimum Gasteiger partial charge on any atom is -0.393 e. The van der Waals surface area contributed by atoms with Crippen LogP contribution in [0.3, 0.4) is 0 Å². The summed E-state index contributed by atoms with van der Waals surface area (Å²) in [5.41, 5.74) is 0. The smallest absolute Gasteiger partial charge is 0.0540 e. The zero-order valence-electron chi connectivity index (χ0n) is 18.1. The second-order valence-electron chi connectivity index (χ2n) is 11.3. The maximum atomic E-state index is 9.69. The first kappa shape index (κ1) is 22.6. The van der Waals surface area contributed by atoms with Crippen LogP contribution in [0.25, 0.3) is 0 Å². The van der Waals surface area contributed by atoms with Crippen LogP contribution in [0.5, 0.6) is 0 Å². The molecule has 4 heteroatoms. The van der Waals surface area contributed by atoms with Crippen LogP contribution in [-0.4, -0.2) is 38.6 Å². The average molecular weight is 399 g/mol. The van der Waals surface area contributed by atoms with Crippen molar-refractivity contribution < 1.29 is 10.2 Å². The molecule has 0 aliphatic heterocycles. The Kier molecular flexibility index (Phi) is 8.90. The van der Waals surface area contributed by atoms with Crippen molar-refractivity contribution in [3.63, 3.8) is 0 Å². The molecule has 0 amide bonds. The van der Waals surface area contributed by atoms with E-state index >= 15 is 0 Å². The van der Waals surface area contributed by atoms with Crippen LogP contribution in [0, 0.1) is 11.8 Å². The molecular weight excluding hydrogens is 352 g/mol. The van der Waals surface area contributed by atoms with Gasteiger partial charge in [0, 0.05) is 16.1 Å². The minimum absolute atomic E-state index is 0.00395. The lowest BCUT2D eigenvalue weighted by Crippen LogP contribution is -2.33. The Bertz CT molecular complexity index is 357. The van der Waals surface area contributed by atoms with E-state index in [1.165, 1.54) is 62.7 Å². The fourth-order valence-electron chi connectivity index (χ4n) is 4.98. The molecule has 0 saturated heterocycles. The van der Waals surface area contributed by atoms with E-state index in [1.54, 1.807) is 0 Å². The third-order valence-electron chi connectivity index (χ3n) is 7.57. The molecule has 154 valence electrons. The summed E-state index contributed by atoms with van der Waals surface area (Å²) in [5, 5.41) is 19.4. The normalized spacial score (nSPS) is 31.2. The number of rotatable bonds is 9. The molecule has 0 aromatic carbocycles. The summed E-state index contributed by atoms with van der Waals surface area (Å²) in [6.07, 6.45) is 12.1. The summed E-state index contributed by atoms with van der Waals surface area (Å²) in [6, 6.07) is 6.06. The molecule has 0 spiro atoms. The van der Waals surface area contributed by atoms with Gasteiger partial charge in [0.05, 0.1) is 12.2 Å². The van der Waals surface area contributed by atoms with E-state index in [4.69, 9.17) is 0 Å². The highest BCUT2D eigenvalue weighted by Gasteiger charge is 2.30. The Hall–Kier alpha value is 0.354. The second-order valence-corrected chi connectivity index (χ2v) is 21.9. The summed E-state index contributed by atoms with van der Waals surface area (Å²) in [4.78, 5) is 0. The monoisotopic (exact) mass is 398 g/mol. The molecule has 0 unspecified atom stereocenters. The fraction of sp³-hybridized carbons (Fsp3) is 1.00. The second kappa shape index (κ2) is 10.2. The van der Waals surface area contributed by atoms with E-state index in [9.17, 15) is 10.2 Å². The van der Waals surface area contributed by atoms with Crippen molar-refractivity contribution in [2.75, 3.05) is 0 Å². The zero-order valence-corrected chi connectivity index (χ0v) is 20.1. The number of hydrogen-bond acceptors (Lipinski definition) is 2. The van der Waals surface area contributed by atoms with Gasteiger partial charge in [-0.15, -0.1) is 0 Å². The van der Waals surface area contributed by atoms with Crippen LogP contribution in [0.15, 0.2) is 0 Å². The molecule has 2 aliphatic carbocycles. The lowest BCUT2D eigenvalue weighted by molar-refractivity contribution is 0.107. The highest BCUT2D eigenvalue weighted by atomic mass is 28.3. The summed E-state index contributed by atoms with van der Waals surface area (Å²) in [5.74, 6) is 1.80. The molecule has 0 aromatic heterocycles. The first-order chi connectivity index (χ1) is 12.2. The molecule has 2 fully saturated rings. The van der Waals surface area contributed by atoms with Gasteiger partial charge >= 0.3 is 0 Å². The van der Waals surface area contributed by atoms with Crippen molar-refractivity contribution in [3.8, 4) is 0 Å². The van der Waals surface area contributed by atoms with E-state index < -0.39 is 16.1 Å². The highest BCUT2D eigenvalue weighted by molar-refractivity contribution is 6.82. The Morgan fingerprint density at radius 3 is 1.15 bits per heavy atom. The van der Waals surface area contributed by atoms with Crippen molar-refractivity contribution in [2.45, 2.75) is 127 Å². The average Bonchev–Trinajstić information content (AvgIpc) is 2.60. The van der Waals surface area contributed by atoms with Gasteiger partial charge in [-0.3, -0.25) is 0 Å². The van der Waals surface area contributed by atoms with Crippen LogP contribution < -0.4 is 0 Å². The van der Waals surface area contributed by atoms with E-state index in [1.807, 2.05) is 0 Å². The van der Waals surface area contributed by atoms with Crippen molar-refractivity contribution in [1.82, 2.24) is 0 Å². The maximum absolute atomic E-state index is 9.69. The molecule has 0 aromatic rings. The van der Waals surface area contributed by atoms with Gasteiger partial charge in [-0.2, -0.15) is 0 Å². The molecule has 0 atom stereocenters. The van der Waals surface area contributed by atoms with Gasteiger partial charge in [0.25, 0.3) is 0 Å². The van der Waals surface area contributed by atoms with E-state index in [0.29, 0.717) is 0 Å². The van der Waals surface area contributed by atoms with Gasteiger partial charge in [-0.25, -0.2) is 0 Å². The first-order valence-corrected chi connectivity index (χ1v) is 18.3. The van der Waals surface area contributed by atoms with Gasteiger partial charge in [-0.05, 0) is 63.2 Å². The SMILES string of the molecule is C[Si](C)(CCC1CCC(O)CC1)CC[Si](C)(C)CCC1CCC(O)CC1. The lowest BCUT2D eigenvalue weighted by Gasteiger charge is -2.33. The third-order valence-corrected chi connectivity index (χ3v) is 14.6. The number of aliphatic hydroxyl groups is 2. The predicted molar refractivity (Wildman–Crippen MR) is 119 cm³/mol. The molecule has 26 heavy (non-hydrogen) atoms. The molecule has 2 aliphatic rings. The summed E-state index contributed by atoms with van der Waals surface area (Å²) in [7, 11) is -2.11. The van der Waals surface area contributed by atoms with Gasteiger partial charge in [-0.1, -0.05) is 63.2 Å². The lowest BCUT2D eigenvalue weighted by atomic mass is 9.86. The number of hydrogen-bond donors (Lipinski definition) is 2. The predicted octanol–water partition coefficient (Wildman–Crippen LogP) is 6.29. The highest BCUT2D eigenvalue weighted by Crippen LogP contribution is 2.35. The fourth-order valence-corrected chi connectivity index (χ4v) is 13.3. The van der Waals surface area contributed by atoms with Crippen molar-refractivity contribution in [3.05, 3.63) is 0 Å². The largest absolute Gasteiger partial charge is 0.393 e. The van der Waals surface area contributed by atoms with Crippen LogP contribution >= 0.6 is 0 Å². The quantitative estimate of drug-likeness (QED) is 0.448. The molecule has 2 nitrogen and oxygen atoms in total. The number of aliphatic hydroxyl groups excluding tert-OH is 2. The Morgan fingerprint density at radius 2 is 0.846 bits per heavy atom. The van der Waals surface area contributed by atoms with Crippen molar-refractivity contribution >= 4 is 16.1 Å². The van der Waals surface area contributed by atoms with E-state index in [-0.39, 0.29) is 12.2 Å². The minimum atomic E-state index is -1.05. The van der Waals surface area contributed by atoms with Gasteiger partial charge in [0.1, 0.15) is 0 Å². The zero-order chi connectivity index (χ0) is 19.2. The molecule has 2 rings (SSSR count).